The van der Waals surface area contributed by atoms with E-state index in [0.717, 1.165) is 21.0 Å². The third kappa shape index (κ3) is 2.83. The van der Waals surface area contributed by atoms with Crippen molar-refractivity contribution < 1.29 is 5.11 Å². The number of thiazole rings is 2. The molecule has 5 rings (SSSR count). The molecule has 0 spiro atoms. The first kappa shape index (κ1) is 20.0. The van der Waals surface area contributed by atoms with Crippen LogP contribution < -0.4 is 11.2 Å². The van der Waals surface area contributed by atoms with Gasteiger partial charge in [-0.2, -0.15) is 0 Å². The summed E-state index contributed by atoms with van der Waals surface area (Å²) in [7, 11) is 3.17. The average molecular weight is 482 g/mol. The summed E-state index contributed by atoms with van der Waals surface area (Å²) in [6.07, 6.45) is 0. The lowest BCUT2D eigenvalue weighted by atomic mass is 10.2. The Balaban J connectivity index is 1.94. The molecular formula is C18H16ClN5O3S3. The number of fused-ring (bicyclic) bond motifs is 3. The number of halogens is 1. The number of aromatic nitrogens is 5. The zero-order valence-corrected chi connectivity index (χ0v) is 19.2. The SMILES string of the molecule is Cn1c(=O)c2c(-c3nc(CO)cs3)n3c(c2n(C)c1=O)C(c1nc(Cl)cs1)SCC3. The lowest BCUT2D eigenvalue weighted by Gasteiger charge is -2.24. The molecule has 1 aliphatic heterocycles. The summed E-state index contributed by atoms with van der Waals surface area (Å²) in [6, 6.07) is 0. The van der Waals surface area contributed by atoms with Crippen molar-refractivity contribution in [1.82, 2.24) is 23.7 Å². The van der Waals surface area contributed by atoms with Gasteiger partial charge in [0.05, 0.1) is 39.8 Å². The Labute approximate surface area is 187 Å². The van der Waals surface area contributed by atoms with Crippen LogP contribution in [0, 0.1) is 0 Å². The van der Waals surface area contributed by atoms with E-state index in [4.69, 9.17) is 11.6 Å². The van der Waals surface area contributed by atoms with Crippen LogP contribution in [0.1, 0.15) is 21.6 Å². The molecule has 1 N–H and O–H groups in total. The van der Waals surface area contributed by atoms with Gasteiger partial charge in [-0.3, -0.25) is 13.9 Å². The lowest BCUT2D eigenvalue weighted by molar-refractivity contribution is 0.278. The van der Waals surface area contributed by atoms with E-state index in [1.807, 2.05) is 0 Å². The van der Waals surface area contributed by atoms with Gasteiger partial charge >= 0.3 is 5.69 Å². The minimum absolute atomic E-state index is 0.150. The number of aliphatic hydroxyl groups is 1. The second kappa shape index (κ2) is 7.34. The highest BCUT2D eigenvalue weighted by molar-refractivity contribution is 7.99. The van der Waals surface area contributed by atoms with Crippen LogP contribution in [0.2, 0.25) is 5.15 Å². The number of aliphatic hydroxyl groups excluding tert-OH is 1. The van der Waals surface area contributed by atoms with Gasteiger partial charge in [-0.25, -0.2) is 14.8 Å². The fourth-order valence-corrected chi connectivity index (χ4v) is 7.15. The van der Waals surface area contributed by atoms with Gasteiger partial charge in [-0.15, -0.1) is 34.4 Å². The largest absolute Gasteiger partial charge is 0.390 e. The molecule has 1 aliphatic rings. The molecule has 156 valence electrons. The van der Waals surface area contributed by atoms with Crippen molar-refractivity contribution in [2.45, 2.75) is 18.4 Å². The molecule has 0 bridgehead atoms. The van der Waals surface area contributed by atoms with Crippen LogP contribution in [0.25, 0.3) is 21.6 Å². The number of nitrogens with zero attached hydrogens (tertiary/aromatic N) is 5. The first-order valence-corrected chi connectivity index (χ1v) is 12.2. The maximum atomic E-state index is 13.3. The summed E-state index contributed by atoms with van der Waals surface area (Å²) in [4.78, 5) is 35.0. The maximum Gasteiger partial charge on any atom is 0.331 e. The van der Waals surface area contributed by atoms with Gasteiger partial charge in [0.1, 0.15) is 15.2 Å². The molecule has 0 radical (unpaired) electrons. The molecule has 0 amide bonds. The molecule has 1 unspecified atom stereocenters. The van der Waals surface area contributed by atoms with E-state index >= 15 is 0 Å². The van der Waals surface area contributed by atoms with Crippen LogP contribution in [0.3, 0.4) is 0 Å². The van der Waals surface area contributed by atoms with Crippen molar-refractivity contribution >= 4 is 56.9 Å². The second-order valence-electron chi connectivity index (χ2n) is 6.88. The third-order valence-electron chi connectivity index (χ3n) is 5.19. The fourth-order valence-electron chi connectivity index (χ4n) is 3.87. The van der Waals surface area contributed by atoms with Gasteiger partial charge in [-0.1, -0.05) is 11.6 Å². The Morgan fingerprint density at radius 3 is 2.67 bits per heavy atom. The number of hydrogen-bond acceptors (Lipinski definition) is 8. The molecule has 12 heteroatoms. The fraction of sp³-hybridized carbons (Fsp3) is 0.333. The van der Waals surface area contributed by atoms with Crippen molar-refractivity contribution in [3.8, 4) is 10.7 Å². The van der Waals surface area contributed by atoms with E-state index in [0.29, 0.717) is 39.0 Å². The topological polar surface area (TPSA) is 94.9 Å². The zero-order valence-electron chi connectivity index (χ0n) is 16.0. The molecule has 0 saturated heterocycles. The molecule has 5 heterocycles. The summed E-state index contributed by atoms with van der Waals surface area (Å²) < 4.78 is 4.74. The van der Waals surface area contributed by atoms with Gasteiger partial charge in [0.2, 0.25) is 0 Å². The molecule has 1 atom stereocenters. The predicted octanol–water partition coefficient (Wildman–Crippen LogP) is 2.60. The van der Waals surface area contributed by atoms with Gasteiger partial charge in [0, 0.05) is 37.2 Å². The first-order valence-electron chi connectivity index (χ1n) is 9.02. The van der Waals surface area contributed by atoms with Crippen LogP contribution in [-0.2, 0) is 27.2 Å². The van der Waals surface area contributed by atoms with Crippen molar-refractivity contribution in [3.63, 3.8) is 0 Å². The molecule has 0 aromatic carbocycles. The van der Waals surface area contributed by atoms with Crippen molar-refractivity contribution in [2.24, 2.45) is 14.1 Å². The minimum Gasteiger partial charge on any atom is -0.390 e. The molecule has 0 aliphatic carbocycles. The van der Waals surface area contributed by atoms with Gasteiger partial charge in [0.25, 0.3) is 5.56 Å². The Morgan fingerprint density at radius 1 is 1.20 bits per heavy atom. The van der Waals surface area contributed by atoms with Crippen LogP contribution in [-0.4, -0.2) is 34.5 Å². The average Bonchev–Trinajstić information content (AvgIpc) is 3.46. The molecule has 0 fully saturated rings. The smallest absolute Gasteiger partial charge is 0.331 e. The summed E-state index contributed by atoms with van der Waals surface area (Å²) in [6.45, 7) is 0.500. The molecule has 8 nitrogen and oxygen atoms in total. The van der Waals surface area contributed by atoms with Crippen LogP contribution in [0.15, 0.2) is 20.3 Å². The maximum absolute atomic E-state index is 13.3. The van der Waals surface area contributed by atoms with Crippen LogP contribution in [0.5, 0.6) is 0 Å². The Bertz CT molecular complexity index is 1410. The molecule has 4 aromatic heterocycles. The van der Waals surface area contributed by atoms with Gasteiger partial charge < -0.3 is 9.67 Å². The summed E-state index contributed by atoms with van der Waals surface area (Å²) in [5.74, 6) is 0.815. The standard InChI is InChI=1S/C18H16ClN5O3S3/c1-22-11-10(17(26)23(2)18(22)27)12(15-20-8(5-25)6-29-15)24-3-4-28-14(13(11)24)16-21-9(19)7-30-16/h6-7,14,25H,3-5H2,1-2H3. The second-order valence-corrected chi connectivity index (χ2v) is 10.2. The predicted molar refractivity (Wildman–Crippen MR) is 121 cm³/mol. The zero-order chi connectivity index (χ0) is 21.2. The van der Waals surface area contributed by atoms with Crippen LogP contribution in [0.4, 0.5) is 0 Å². The van der Waals surface area contributed by atoms with Gasteiger partial charge in [-0.05, 0) is 0 Å². The monoisotopic (exact) mass is 481 g/mol. The molecular weight excluding hydrogens is 466 g/mol. The van der Waals surface area contributed by atoms with Crippen molar-refractivity contribution in [3.05, 3.63) is 53.1 Å². The summed E-state index contributed by atoms with van der Waals surface area (Å²) >= 11 is 10.6. The highest BCUT2D eigenvalue weighted by atomic mass is 35.5. The lowest BCUT2D eigenvalue weighted by Crippen LogP contribution is -2.37. The van der Waals surface area contributed by atoms with E-state index < -0.39 is 0 Å². The number of aryl methyl sites for hydroxylation is 1. The number of thioether (sulfide) groups is 1. The Hall–Kier alpha value is -1.92. The molecule has 4 aromatic rings. The normalized spacial score (nSPS) is 16.3. The minimum atomic E-state index is -0.380. The van der Waals surface area contributed by atoms with E-state index in [-0.39, 0.29) is 23.1 Å². The van der Waals surface area contributed by atoms with Crippen molar-refractivity contribution in [2.75, 3.05) is 5.75 Å². The molecule has 0 saturated carbocycles. The van der Waals surface area contributed by atoms with E-state index in [2.05, 4.69) is 14.5 Å². The van der Waals surface area contributed by atoms with Crippen LogP contribution >= 0.6 is 46.0 Å². The van der Waals surface area contributed by atoms with E-state index in [9.17, 15) is 14.7 Å². The highest BCUT2D eigenvalue weighted by Gasteiger charge is 2.34. The third-order valence-corrected chi connectivity index (χ3v) is 8.66. The molecule has 30 heavy (non-hydrogen) atoms. The van der Waals surface area contributed by atoms with E-state index in [1.165, 1.54) is 34.3 Å². The number of rotatable bonds is 3. The van der Waals surface area contributed by atoms with E-state index in [1.54, 1.807) is 29.6 Å². The summed E-state index contributed by atoms with van der Waals surface area (Å²) in [5.41, 5.74) is 1.96. The number of hydrogen-bond donors (Lipinski definition) is 1. The Morgan fingerprint density at radius 2 is 2.00 bits per heavy atom. The quantitative estimate of drug-likeness (QED) is 0.483. The van der Waals surface area contributed by atoms with Gasteiger partial charge in [0.15, 0.2) is 0 Å². The Kier molecular flexibility index (Phi) is 4.90. The summed E-state index contributed by atoms with van der Waals surface area (Å²) in [5, 5.41) is 15.3. The first-order chi connectivity index (χ1) is 14.4. The van der Waals surface area contributed by atoms with Crippen molar-refractivity contribution in [1.29, 1.82) is 0 Å². The highest BCUT2D eigenvalue weighted by Crippen LogP contribution is 2.47.